The van der Waals surface area contributed by atoms with Crippen LogP contribution in [0.3, 0.4) is 0 Å². The number of nitrogens with zero attached hydrogens (tertiary/aromatic N) is 2. The van der Waals surface area contributed by atoms with Crippen LogP contribution in [0.25, 0.3) is 11.4 Å². The zero-order valence-electron chi connectivity index (χ0n) is 14.3. The molecule has 3 rings (SSSR count). The minimum absolute atomic E-state index is 0.0348. The number of rotatable bonds is 6. The fourth-order valence-corrected chi connectivity index (χ4v) is 3.33. The molecule has 3 aromatic rings. The Hall–Kier alpha value is -3.55. The average Bonchev–Trinajstić information content (AvgIpc) is 3.21. The van der Waals surface area contributed by atoms with Gasteiger partial charge in [-0.05, 0) is 36.4 Å². The molecule has 1 heterocycles. The number of hydrogen-bond acceptors (Lipinski definition) is 5. The van der Waals surface area contributed by atoms with Crippen molar-refractivity contribution in [1.82, 2.24) is 19.9 Å². The summed E-state index contributed by atoms with van der Waals surface area (Å²) in [5, 5.41) is 8.82. The van der Waals surface area contributed by atoms with Crippen LogP contribution >= 0.6 is 0 Å². The van der Waals surface area contributed by atoms with Gasteiger partial charge >= 0.3 is 0 Å². The van der Waals surface area contributed by atoms with Crippen LogP contribution in [-0.4, -0.2) is 36.1 Å². The van der Waals surface area contributed by atoms with E-state index in [4.69, 9.17) is 6.42 Å². The van der Waals surface area contributed by atoms with Gasteiger partial charge in [-0.2, -0.15) is 9.82 Å². The summed E-state index contributed by atoms with van der Waals surface area (Å²) < 4.78 is 40.5. The minimum Gasteiger partial charge on any atom is -0.321 e. The lowest BCUT2D eigenvalue weighted by Gasteiger charge is -2.11. The van der Waals surface area contributed by atoms with E-state index < -0.39 is 21.7 Å². The third-order valence-electron chi connectivity index (χ3n) is 3.70. The third kappa shape index (κ3) is 4.06. The first kappa shape index (κ1) is 19.2. The number of H-pyrrole nitrogens is 1. The Morgan fingerprint density at radius 1 is 1.21 bits per heavy atom. The quantitative estimate of drug-likeness (QED) is 0.546. The summed E-state index contributed by atoms with van der Waals surface area (Å²) in [5.74, 6) is 1.20. The fourth-order valence-electron chi connectivity index (χ4n) is 2.39. The number of benzene rings is 2. The van der Waals surface area contributed by atoms with Crippen LogP contribution < -0.4 is 10.0 Å². The fraction of sp³-hybridized carbons (Fsp3) is 0.0556. The maximum atomic E-state index is 14.2. The Labute approximate surface area is 160 Å². The SMILES string of the molecule is C#CCNS(=O)(=O)c1ccc(C(=O)Nc2cccc(F)c2-c2ncn[nH]2)cc1. The van der Waals surface area contributed by atoms with Crippen LogP contribution in [-0.2, 0) is 10.0 Å². The Morgan fingerprint density at radius 2 is 1.96 bits per heavy atom. The second-order valence-corrected chi connectivity index (χ2v) is 7.27. The van der Waals surface area contributed by atoms with Crippen LogP contribution in [0, 0.1) is 18.2 Å². The first-order valence-electron chi connectivity index (χ1n) is 7.91. The highest BCUT2D eigenvalue weighted by Gasteiger charge is 2.17. The van der Waals surface area contributed by atoms with Crippen molar-refractivity contribution in [2.24, 2.45) is 0 Å². The van der Waals surface area contributed by atoms with Crippen LogP contribution in [0.2, 0.25) is 0 Å². The number of aromatic nitrogens is 3. The molecule has 1 aromatic heterocycles. The van der Waals surface area contributed by atoms with Crippen molar-refractivity contribution in [3.05, 3.63) is 60.2 Å². The number of aromatic amines is 1. The van der Waals surface area contributed by atoms with E-state index in [1.165, 1.54) is 48.8 Å². The summed E-state index contributed by atoms with van der Waals surface area (Å²) in [4.78, 5) is 16.4. The molecule has 2 aromatic carbocycles. The lowest BCUT2D eigenvalue weighted by Crippen LogP contribution is -2.24. The number of sulfonamides is 1. The van der Waals surface area contributed by atoms with Crippen molar-refractivity contribution < 1.29 is 17.6 Å². The molecule has 0 fully saturated rings. The Balaban J connectivity index is 1.84. The molecule has 0 radical (unpaired) electrons. The van der Waals surface area contributed by atoms with E-state index in [2.05, 4.69) is 31.1 Å². The molecule has 28 heavy (non-hydrogen) atoms. The molecule has 1 amide bonds. The van der Waals surface area contributed by atoms with Crippen molar-refractivity contribution in [1.29, 1.82) is 0 Å². The molecule has 0 aliphatic rings. The molecular formula is C18H14FN5O3S. The third-order valence-corrected chi connectivity index (χ3v) is 5.12. The first-order chi connectivity index (χ1) is 13.4. The number of nitrogens with one attached hydrogen (secondary N) is 3. The summed E-state index contributed by atoms with van der Waals surface area (Å²) in [6, 6.07) is 9.42. The van der Waals surface area contributed by atoms with Crippen LogP contribution in [0.1, 0.15) is 10.4 Å². The molecule has 0 bridgehead atoms. The number of carbonyl (C=O) groups is 1. The van der Waals surface area contributed by atoms with Gasteiger partial charge in [-0.1, -0.05) is 12.0 Å². The second kappa shape index (κ2) is 7.99. The molecule has 10 heteroatoms. The molecule has 0 aliphatic carbocycles. The van der Waals surface area contributed by atoms with Gasteiger partial charge in [-0.25, -0.2) is 17.8 Å². The highest BCUT2D eigenvalue weighted by molar-refractivity contribution is 7.89. The van der Waals surface area contributed by atoms with E-state index in [9.17, 15) is 17.6 Å². The Morgan fingerprint density at radius 3 is 2.61 bits per heavy atom. The molecule has 0 saturated carbocycles. The number of hydrogen-bond donors (Lipinski definition) is 3. The number of carbonyl (C=O) groups excluding carboxylic acids is 1. The molecule has 0 spiro atoms. The highest BCUT2D eigenvalue weighted by Crippen LogP contribution is 2.28. The molecule has 0 unspecified atom stereocenters. The van der Waals surface area contributed by atoms with E-state index >= 15 is 0 Å². The summed E-state index contributed by atoms with van der Waals surface area (Å²) in [6.45, 7) is -0.144. The maximum Gasteiger partial charge on any atom is 0.255 e. The van der Waals surface area contributed by atoms with Crippen molar-refractivity contribution in [2.75, 3.05) is 11.9 Å². The Kier molecular flexibility index (Phi) is 5.49. The lowest BCUT2D eigenvalue weighted by molar-refractivity contribution is 0.102. The molecule has 0 atom stereocenters. The van der Waals surface area contributed by atoms with Crippen molar-refractivity contribution in [2.45, 2.75) is 4.90 Å². The van der Waals surface area contributed by atoms with E-state index in [0.717, 1.165) is 0 Å². The summed E-state index contributed by atoms with van der Waals surface area (Å²) in [5.41, 5.74) is 0.434. The lowest BCUT2D eigenvalue weighted by atomic mass is 10.1. The van der Waals surface area contributed by atoms with Crippen LogP contribution in [0.5, 0.6) is 0 Å². The Bertz CT molecular complexity index is 1140. The van der Waals surface area contributed by atoms with Gasteiger partial charge in [0.15, 0.2) is 5.82 Å². The van der Waals surface area contributed by atoms with E-state index in [1.54, 1.807) is 0 Å². The zero-order chi connectivity index (χ0) is 20.1. The number of halogens is 1. The minimum atomic E-state index is -3.76. The summed E-state index contributed by atoms with van der Waals surface area (Å²) in [6.07, 6.45) is 6.26. The molecule has 8 nitrogen and oxygen atoms in total. The standard InChI is InChI=1S/C18H14FN5O3S/c1-2-10-22-28(26,27)13-8-6-12(7-9-13)18(25)23-15-5-3-4-14(19)16(15)17-20-11-21-24-17/h1,3-9,11,22H,10H2,(H,23,25)(H,20,21,24). The topological polar surface area (TPSA) is 117 Å². The van der Waals surface area contributed by atoms with Gasteiger partial charge < -0.3 is 5.32 Å². The first-order valence-corrected chi connectivity index (χ1v) is 9.39. The second-order valence-electron chi connectivity index (χ2n) is 5.50. The van der Waals surface area contributed by atoms with Gasteiger partial charge in [0.1, 0.15) is 12.1 Å². The average molecular weight is 399 g/mol. The largest absolute Gasteiger partial charge is 0.321 e. The number of anilines is 1. The predicted molar refractivity (Wildman–Crippen MR) is 100 cm³/mol. The van der Waals surface area contributed by atoms with Crippen molar-refractivity contribution in [3.8, 4) is 23.7 Å². The van der Waals surface area contributed by atoms with Gasteiger partial charge in [0, 0.05) is 5.56 Å². The monoisotopic (exact) mass is 399 g/mol. The van der Waals surface area contributed by atoms with Gasteiger partial charge in [0.05, 0.1) is 22.7 Å². The molecule has 3 N–H and O–H groups in total. The zero-order valence-corrected chi connectivity index (χ0v) is 15.1. The smallest absolute Gasteiger partial charge is 0.255 e. The van der Waals surface area contributed by atoms with Crippen molar-refractivity contribution >= 4 is 21.6 Å². The number of terminal acetylenes is 1. The highest BCUT2D eigenvalue weighted by atomic mass is 32.2. The van der Waals surface area contributed by atoms with Crippen molar-refractivity contribution in [3.63, 3.8) is 0 Å². The molecule has 0 saturated heterocycles. The van der Waals surface area contributed by atoms with Crippen LogP contribution in [0.4, 0.5) is 10.1 Å². The molecular weight excluding hydrogens is 385 g/mol. The molecule has 142 valence electrons. The normalized spacial score (nSPS) is 11.0. The van der Waals surface area contributed by atoms with Gasteiger partial charge in [-0.3, -0.25) is 9.89 Å². The van der Waals surface area contributed by atoms with Gasteiger partial charge in [-0.15, -0.1) is 6.42 Å². The number of amides is 1. The maximum absolute atomic E-state index is 14.2. The molecule has 0 aliphatic heterocycles. The van der Waals surface area contributed by atoms with E-state index in [-0.39, 0.29) is 34.1 Å². The van der Waals surface area contributed by atoms with Gasteiger partial charge in [0.2, 0.25) is 10.0 Å². The summed E-state index contributed by atoms with van der Waals surface area (Å²) in [7, 11) is -3.76. The van der Waals surface area contributed by atoms with Gasteiger partial charge in [0.25, 0.3) is 5.91 Å². The summed E-state index contributed by atoms with van der Waals surface area (Å²) >= 11 is 0. The predicted octanol–water partition coefficient (Wildman–Crippen LogP) is 1.77. The van der Waals surface area contributed by atoms with E-state index in [1.807, 2.05) is 0 Å². The van der Waals surface area contributed by atoms with E-state index in [0.29, 0.717) is 0 Å². The van der Waals surface area contributed by atoms with Crippen LogP contribution in [0.15, 0.2) is 53.7 Å².